The normalized spacial score (nSPS) is 19.5. The van der Waals surface area contributed by atoms with E-state index >= 15 is 0 Å². The third kappa shape index (κ3) is 4.79. The van der Waals surface area contributed by atoms with E-state index < -0.39 is 23.5 Å². The number of likely N-dealkylation sites (tertiary alicyclic amines) is 1. The van der Waals surface area contributed by atoms with E-state index in [1.54, 1.807) is 29.2 Å². The number of ether oxygens (including phenoxy) is 1. The Labute approximate surface area is 202 Å². The van der Waals surface area contributed by atoms with Crippen LogP contribution in [0, 0.1) is 5.82 Å². The average Bonchev–Trinajstić information content (AvgIpc) is 3.17. The summed E-state index contributed by atoms with van der Waals surface area (Å²) in [4.78, 5) is 42.6. The van der Waals surface area contributed by atoms with Crippen LogP contribution in [-0.2, 0) is 9.53 Å². The fraction of sp³-hybridized carbons (Fsp3) is 0.400. The summed E-state index contributed by atoms with van der Waals surface area (Å²) in [6.45, 7) is 4.36. The van der Waals surface area contributed by atoms with Gasteiger partial charge in [0, 0.05) is 48.1 Å². The number of hydrogen-bond acceptors (Lipinski definition) is 4. The lowest BCUT2D eigenvalue weighted by molar-refractivity contribution is -0.128. The first-order valence-electron chi connectivity index (χ1n) is 11.3. The summed E-state index contributed by atoms with van der Waals surface area (Å²) in [6.07, 6.45) is 0.650. The van der Waals surface area contributed by atoms with Crippen molar-refractivity contribution in [2.45, 2.75) is 44.5 Å². The molecule has 1 spiro atoms. The summed E-state index contributed by atoms with van der Waals surface area (Å²) in [5.41, 5.74) is -0.435. The van der Waals surface area contributed by atoms with E-state index in [0.717, 1.165) is 6.07 Å². The summed E-state index contributed by atoms with van der Waals surface area (Å²) in [5, 5.41) is 3.32. The lowest BCUT2D eigenvalue weighted by atomic mass is 9.96. The van der Waals surface area contributed by atoms with Gasteiger partial charge in [-0.05, 0) is 50.2 Å². The first-order valence-corrected chi connectivity index (χ1v) is 11.7. The van der Waals surface area contributed by atoms with E-state index in [1.807, 2.05) is 13.8 Å². The number of benzene rings is 2. The van der Waals surface area contributed by atoms with Crippen molar-refractivity contribution < 1.29 is 23.5 Å². The van der Waals surface area contributed by atoms with Crippen molar-refractivity contribution in [3.05, 3.63) is 70.5 Å². The fourth-order valence-electron chi connectivity index (χ4n) is 4.57. The number of nitrogens with one attached hydrogen (secondary N) is 1. The van der Waals surface area contributed by atoms with Gasteiger partial charge in [0.15, 0.2) is 0 Å². The molecule has 2 aliphatic rings. The number of rotatable bonds is 4. The minimum atomic E-state index is -1.06. The van der Waals surface area contributed by atoms with Crippen molar-refractivity contribution >= 4 is 29.3 Å². The molecule has 34 heavy (non-hydrogen) atoms. The molecule has 0 aromatic heterocycles. The molecule has 180 valence electrons. The molecule has 0 radical (unpaired) electrons. The van der Waals surface area contributed by atoms with Crippen molar-refractivity contribution in [1.82, 2.24) is 15.1 Å². The van der Waals surface area contributed by atoms with Crippen LogP contribution >= 0.6 is 11.6 Å². The lowest BCUT2D eigenvalue weighted by Crippen LogP contribution is -2.60. The molecule has 7 nitrogen and oxygen atoms in total. The standard InChI is InChI=1S/C25H27ClFN3O4/c1-16(2)28-22(31)21-15-34-25(30(21)24(33)18-6-4-8-20(27)14-18)9-11-29(12-10-25)23(32)17-5-3-7-19(26)13-17/h3-8,13-14,16,21H,9-12,15H2,1-2H3,(H,28,31)/t21-/m1/s1. The van der Waals surface area contributed by atoms with Gasteiger partial charge in [-0.3, -0.25) is 19.3 Å². The molecule has 0 unspecified atom stereocenters. The van der Waals surface area contributed by atoms with Crippen LogP contribution in [-0.4, -0.2) is 65.0 Å². The maximum atomic E-state index is 13.9. The molecule has 2 fully saturated rings. The number of piperidine rings is 1. The second-order valence-electron chi connectivity index (χ2n) is 8.92. The number of amides is 3. The number of carbonyl (C=O) groups excluding carboxylic acids is 3. The van der Waals surface area contributed by atoms with Crippen molar-refractivity contribution in [2.75, 3.05) is 19.7 Å². The fourth-order valence-corrected chi connectivity index (χ4v) is 4.76. The smallest absolute Gasteiger partial charge is 0.256 e. The molecule has 2 heterocycles. The summed E-state index contributed by atoms with van der Waals surface area (Å²) in [5.74, 6) is -1.50. The van der Waals surface area contributed by atoms with Crippen LogP contribution in [0.5, 0.6) is 0 Å². The third-order valence-corrected chi connectivity index (χ3v) is 6.42. The zero-order valence-corrected chi connectivity index (χ0v) is 19.8. The van der Waals surface area contributed by atoms with Crippen LogP contribution in [0.25, 0.3) is 0 Å². The highest BCUT2D eigenvalue weighted by Crippen LogP contribution is 2.39. The Bertz CT molecular complexity index is 1100. The predicted molar refractivity (Wildman–Crippen MR) is 125 cm³/mol. The van der Waals surface area contributed by atoms with Gasteiger partial charge in [-0.25, -0.2) is 4.39 Å². The van der Waals surface area contributed by atoms with E-state index in [0.29, 0.717) is 36.5 Å². The quantitative estimate of drug-likeness (QED) is 0.716. The molecular weight excluding hydrogens is 461 g/mol. The SMILES string of the molecule is CC(C)NC(=O)[C@H]1COC2(CCN(C(=O)c3cccc(Cl)c3)CC2)N1C(=O)c1cccc(F)c1. The second-order valence-corrected chi connectivity index (χ2v) is 9.36. The largest absolute Gasteiger partial charge is 0.353 e. The minimum Gasteiger partial charge on any atom is -0.353 e. The Balaban J connectivity index is 1.58. The number of carbonyl (C=O) groups is 3. The third-order valence-electron chi connectivity index (χ3n) is 6.19. The van der Waals surface area contributed by atoms with Gasteiger partial charge < -0.3 is 15.0 Å². The molecule has 2 aromatic rings. The van der Waals surface area contributed by atoms with Gasteiger partial charge in [-0.15, -0.1) is 0 Å². The molecule has 2 saturated heterocycles. The van der Waals surface area contributed by atoms with Crippen LogP contribution in [0.2, 0.25) is 5.02 Å². The maximum absolute atomic E-state index is 13.9. The molecule has 1 N–H and O–H groups in total. The van der Waals surface area contributed by atoms with Gasteiger partial charge in [0.1, 0.15) is 17.6 Å². The summed E-state index contributed by atoms with van der Waals surface area (Å²) in [7, 11) is 0. The Kier molecular flexibility index (Phi) is 6.91. The van der Waals surface area contributed by atoms with Gasteiger partial charge in [0.05, 0.1) is 6.61 Å². The number of hydrogen-bond donors (Lipinski definition) is 1. The number of nitrogens with zero attached hydrogens (tertiary/aromatic N) is 2. The van der Waals surface area contributed by atoms with Crippen molar-refractivity contribution in [3.8, 4) is 0 Å². The molecule has 2 aromatic carbocycles. The minimum absolute atomic E-state index is 0.0296. The van der Waals surface area contributed by atoms with Crippen LogP contribution in [0.4, 0.5) is 4.39 Å². The highest BCUT2D eigenvalue weighted by molar-refractivity contribution is 6.30. The monoisotopic (exact) mass is 487 g/mol. The first-order chi connectivity index (χ1) is 16.2. The topological polar surface area (TPSA) is 79.0 Å². The van der Waals surface area contributed by atoms with E-state index in [2.05, 4.69) is 5.32 Å². The van der Waals surface area contributed by atoms with E-state index in [4.69, 9.17) is 16.3 Å². The molecular formula is C25H27ClFN3O4. The Hall–Kier alpha value is -2.97. The Morgan fingerprint density at radius 1 is 1.06 bits per heavy atom. The number of halogens is 2. The van der Waals surface area contributed by atoms with E-state index in [9.17, 15) is 18.8 Å². The van der Waals surface area contributed by atoms with Gasteiger partial charge >= 0.3 is 0 Å². The molecule has 3 amide bonds. The zero-order valence-electron chi connectivity index (χ0n) is 19.1. The van der Waals surface area contributed by atoms with Gasteiger partial charge in [-0.2, -0.15) is 0 Å². The molecule has 0 aliphatic carbocycles. The van der Waals surface area contributed by atoms with Gasteiger partial charge in [0.25, 0.3) is 11.8 Å². The molecule has 0 bridgehead atoms. The summed E-state index contributed by atoms with van der Waals surface area (Å²) >= 11 is 6.03. The van der Waals surface area contributed by atoms with Crippen molar-refractivity contribution in [1.29, 1.82) is 0 Å². The van der Waals surface area contributed by atoms with Crippen LogP contribution in [0.15, 0.2) is 48.5 Å². The second kappa shape index (κ2) is 9.72. The highest BCUT2D eigenvalue weighted by Gasteiger charge is 2.54. The highest BCUT2D eigenvalue weighted by atomic mass is 35.5. The predicted octanol–water partition coefficient (Wildman–Crippen LogP) is 3.48. The first kappa shape index (κ1) is 24.2. The molecule has 4 rings (SSSR count). The van der Waals surface area contributed by atoms with E-state index in [1.165, 1.54) is 23.1 Å². The maximum Gasteiger partial charge on any atom is 0.256 e. The van der Waals surface area contributed by atoms with Crippen LogP contribution < -0.4 is 5.32 Å². The Morgan fingerprint density at radius 2 is 1.71 bits per heavy atom. The van der Waals surface area contributed by atoms with Crippen molar-refractivity contribution in [3.63, 3.8) is 0 Å². The molecule has 2 aliphatic heterocycles. The van der Waals surface area contributed by atoms with Crippen LogP contribution in [0.1, 0.15) is 47.4 Å². The molecule has 1 atom stereocenters. The lowest BCUT2D eigenvalue weighted by Gasteiger charge is -2.44. The average molecular weight is 488 g/mol. The van der Waals surface area contributed by atoms with Crippen molar-refractivity contribution in [2.24, 2.45) is 0 Å². The zero-order chi connectivity index (χ0) is 24.5. The van der Waals surface area contributed by atoms with Gasteiger partial charge in [0.2, 0.25) is 5.91 Å². The molecule has 0 saturated carbocycles. The van der Waals surface area contributed by atoms with Gasteiger partial charge in [-0.1, -0.05) is 23.7 Å². The summed E-state index contributed by atoms with van der Waals surface area (Å²) < 4.78 is 20.0. The summed E-state index contributed by atoms with van der Waals surface area (Å²) in [6, 6.07) is 11.2. The Morgan fingerprint density at radius 3 is 2.32 bits per heavy atom. The molecule has 9 heteroatoms. The van der Waals surface area contributed by atoms with Crippen LogP contribution in [0.3, 0.4) is 0 Å². The van der Waals surface area contributed by atoms with E-state index in [-0.39, 0.29) is 30.0 Å².